The van der Waals surface area contributed by atoms with Crippen molar-refractivity contribution in [2.24, 2.45) is 4.99 Å². The minimum absolute atomic E-state index is 0.0939. The molecule has 0 amide bonds. The second-order valence-corrected chi connectivity index (χ2v) is 5.53. The van der Waals surface area contributed by atoms with Crippen LogP contribution in [0.2, 0.25) is 0 Å². The molecule has 0 unspecified atom stereocenters. The summed E-state index contributed by atoms with van der Waals surface area (Å²) in [5, 5.41) is 0. The van der Waals surface area contributed by atoms with Gasteiger partial charge < -0.3 is 4.74 Å². The van der Waals surface area contributed by atoms with E-state index >= 15 is 0 Å². The molecule has 2 rings (SSSR count). The fourth-order valence-corrected chi connectivity index (χ4v) is 2.64. The first kappa shape index (κ1) is 11.2. The second-order valence-electron chi connectivity index (χ2n) is 3.11. The second kappa shape index (κ2) is 3.92. The van der Waals surface area contributed by atoms with Gasteiger partial charge >= 0.3 is 0 Å². The van der Waals surface area contributed by atoms with E-state index in [-0.39, 0.29) is 4.91 Å². The van der Waals surface area contributed by atoms with E-state index in [1.54, 1.807) is 24.3 Å². The van der Waals surface area contributed by atoms with Crippen LogP contribution in [0.1, 0.15) is 5.56 Å². The molecule has 16 heavy (non-hydrogen) atoms. The zero-order valence-corrected chi connectivity index (χ0v) is 9.92. The Morgan fingerprint density at radius 2 is 2.12 bits per heavy atom. The van der Waals surface area contributed by atoms with Crippen molar-refractivity contribution < 1.29 is 13.2 Å². The molecule has 0 bridgehead atoms. The molecule has 1 heterocycles. The molecule has 6 heteroatoms. The van der Waals surface area contributed by atoms with Crippen LogP contribution in [-0.4, -0.2) is 20.0 Å². The van der Waals surface area contributed by atoms with E-state index in [0.717, 1.165) is 0 Å². The van der Waals surface area contributed by atoms with Crippen molar-refractivity contribution in [3.63, 3.8) is 0 Å². The van der Waals surface area contributed by atoms with Crippen LogP contribution in [0.3, 0.4) is 0 Å². The summed E-state index contributed by atoms with van der Waals surface area (Å²) in [6.45, 7) is 0. The molecule has 1 aromatic rings. The number of aliphatic imine (C=N–C) groups is 1. The monoisotopic (exact) mass is 257 g/mol. The van der Waals surface area contributed by atoms with Crippen molar-refractivity contribution in [2.75, 3.05) is 7.11 Å². The van der Waals surface area contributed by atoms with Crippen molar-refractivity contribution in [1.29, 1.82) is 0 Å². The minimum Gasteiger partial charge on any atom is -0.497 e. The van der Waals surface area contributed by atoms with Crippen molar-refractivity contribution in [3.05, 3.63) is 36.0 Å². The number of hydrogen-bond acceptors (Lipinski definition) is 4. The zero-order chi connectivity index (χ0) is 11.8. The molecular formula is C10H8ClNO3S. The van der Waals surface area contributed by atoms with Crippen molar-refractivity contribution in [3.8, 4) is 5.75 Å². The van der Waals surface area contributed by atoms with Gasteiger partial charge in [0.15, 0.2) is 0 Å². The van der Waals surface area contributed by atoms with Crippen LogP contribution in [0.25, 0.3) is 4.91 Å². The summed E-state index contributed by atoms with van der Waals surface area (Å²) >= 11 is 5.50. The van der Waals surface area contributed by atoms with Gasteiger partial charge in [-0.3, -0.25) is 0 Å². The summed E-state index contributed by atoms with van der Waals surface area (Å²) in [5.41, 5.74) is 0.513. The lowest BCUT2D eigenvalue weighted by Crippen LogP contribution is -2.06. The fourth-order valence-electron chi connectivity index (χ4n) is 1.34. The van der Waals surface area contributed by atoms with E-state index in [2.05, 4.69) is 4.99 Å². The number of methoxy groups -OCH3 is 1. The molecule has 0 radical (unpaired) electrons. The van der Waals surface area contributed by atoms with Crippen LogP contribution < -0.4 is 4.74 Å². The van der Waals surface area contributed by atoms with Crippen LogP contribution >= 0.6 is 11.6 Å². The van der Waals surface area contributed by atoms with Gasteiger partial charge in [0.05, 0.1) is 12.0 Å². The van der Waals surface area contributed by atoms with E-state index in [9.17, 15) is 8.42 Å². The predicted molar refractivity (Wildman–Crippen MR) is 63.2 cm³/mol. The summed E-state index contributed by atoms with van der Waals surface area (Å²) in [6.07, 6.45) is 1.24. The molecule has 0 saturated carbocycles. The van der Waals surface area contributed by atoms with Gasteiger partial charge in [0.25, 0.3) is 0 Å². The quantitative estimate of drug-likeness (QED) is 0.814. The SMILES string of the molecule is COc1cccc(C2=CN=C(Cl)S2(=O)=O)c1. The van der Waals surface area contributed by atoms with Crippen LogP contribution in [0.5, 0.6) is 5.75 Å². The maximum atomic E-state index is 11.7. The third kappa shape index (κ3) is 1.72. The lowest BCUT2D eigenvalue weighted by atomic mass is 10.2. The lowest BCUT2D eigenvalue weighted by molar-refractivity contribution is 0.414. The standard InChI is InChI=1S/C10H8ClNO3S/c1-15-8-4-2-3-7(5-8)9-6-12-10(11)16(9,13)14/h2-6H,1H3. The van der Waals surface area contributed by atoms with Crippen LogP contribution in [0.15, 0.2) is 35.5 Å². The fraction of sp³-hybridized carbons (Fsp3) is 0.100. The molecule has 1 aliphatic heterocycles. The van der Waals surface area contributed by atoms with Gasteiger partial charge in [0, 0.05) is 6.20 Å². The summed E-state index contributed by atoms with van der Waals surface area (Å²) in [6, 6.07) is 6.72. The summed E-state index contributed by atoms with van der Waals surface area (Å²) in [7, 11) is -2.11. The molecule has 0 aliphatic carbocycles. The topological polar surface area (TPSA) is 55.7 Å². The Labute approximate surface area is 98.1 Å². The molecule has 0 fully saturated rings. The van der Waals surface area contributed by atoms with E-state index in [4.69, 9.17) is 16.3 Å². The van der Waals surface area contributed by atoms with Gasteiger partial charge in [0.1, 0.15) is 5.75 Å². The minimum atomic E-state index is -3.62. The highest BCUT2D eigenvalue weighted by Gasteiger charge is 2.29. The molecule has 0 saturated heterocycles. The third-order valence-electron chi connectivity index (χ3n) is 2.15. The molecule has 1 aliphatic rings. The molecule has 4 nitrogen and oxygen atoms in total. The Morgan fingerprint density at radius 3 is 2.69 bits per heavy atom. The highest BCUT2D eigenvalue weighted by atomic mass is 35.5. The first-order valence-corrected chi connectivity index (χ1v) is 6.25. The highest BCUT2D eigenvalue weighted by molar-refractivity contribution is 8.17. The molecule has 0 atom stereocenters. The first-order valence-electron chi connectivity index (χ1n) is 4.38. The summed E-state index contributed by atoms with van der Waals surface area (Å²) < 4.78 is 28.1. The van der Waals surface area contributed by atoms with Crippen molar-refractivity contribution in [2.45, 2.75) is 0 Å². The van der Waals surface area contributed by atoms with Gasteiger partial charge in [0.2, 0.25) is 14.3 Å². The first-order chi connectivity index (χ1) is 7.55. The normalized spacial score (nSPS) is 17.9. The maximum absolute atomic E-state index is 11.7. The predicted octanol–water partition coefficient (Wildman–Crippen LogP) is 2.02. The van der Waals surface area contributed by atoms with Crippen molar-refractivity contribution >= 4 is 30.8 Å². The molecule has 0 spiro atoms. The highest BCUT2D eigenvalue weighted by Crippen LogP contribution is 2.30. The number of hydrogen-bond donors (Lipinski definition) is 0. The van der Waals surface area contributed by atoms with Crippen LogP contribution in [0, 0.1) is 0 Å². The van der Waals surface area contributed by atoms with Gasteiger partial charge in [-0.1, -0.05) is 12.1 Å². The average molecular weight is 258 g/mol. The Bertz CT molecular complexity index is 590. The Hall–Kier alpha value is -1.33. The van der Waals surface area contributed by atoms with Crippen LogP contribution in [-0.2, 0) is 9.84 Å². The number of ether oxygens (including phenoxy) is 1. The third-order valence-corrected chi connectivity index (χ3v) is 4.32. The number of sulfone groups is 1. The molecule has 0 N–H and O–H groups in total. The van der Waals surface area contributed by atoms with Gasteiger partial charge in [-0.05, 0) is 29.3 Å². The largest absolute Gasteiger partial charge is 0.497 e. The molecule has 0 aromatic heterocycles. The molecular weight excluding hydrogens is 250 g/mol. The number of halogens is 1. The summed E-state index contributed by atoms with van der Waals surface area (Å²) in [4.78, 5) is 3.69. The molecule has 1 aromatic carbocycles. The Morgan fingerprint density at radius 1 is 1.38 bits per heavy atom. The number of benzene rings is 1. The van der Waals surface area contributed by atoms with Crippen LogP contribution in [0.4, 0.5) is 0 Å². The van der Waals surface area contributed by atoms with Gasteiger partial charge in [-0.2, -0.15) is 0 Å². The Balaban J connectivity index is 2.49. The smallest absolute Gasteiger partial charge is 0.237 e. The Kier molecular flexibility index (Phi) is 2.73. The molecule has 84 valence electrons. The number of nitrogens with zero attached hydrogens (tertiary/aromatic N) is 1. The van der Waals surface area contributed by atoms with E-state index in [0.29, 0.717) is 11.3 Å². The van der Waals surface area contributed by atoms with Gasteiger partial charge in [-0.25, -0.2) is 13.4 Å². The van der Waals surface area contributed by atoms with E-state index < -0.39 is 14.3 Å². The maximum Gasteiger partial charge on any atom is 0.237 e. The van der Waals surface area contributed by atoms with Gasteiger partial charge in [-0.15, -0.1) is 0 Å². The average Bonchev–Trinajstić information content (AvgIpc) is 2.54. The lowest BCUT2D eigenvalue weighted by Gasteiger charge is -2.04. The number of rotatable bonds is 2. The summed E-state index contributed by atoms with van der Waals surface area (Å²) in [5.74, 6) is 0.580. The zero-order valence-electron chi connectivity index (χ0n) is 8.34. The van der Waals surface area contributed by atoms with Crippen molar-refractivity contribution in [1.82, 2.24) is 0 Å². The van der Waals surface area contributed by atoms with E-state index in [1.807, 2.05) is 0 Å². The van der Waals surface area contributed by atoms with E-state index in [1.165, 1.54) is 13.3 Å².